The number of nitrogens with one attached hydrogen (secondary N) is 1. The molecule has 0 heterocycles. The Morgan fingerprint density at radius 1 is 1.28 bits per heavy atom. The molecule has 0 aromatic heterocycles. The zero-order chi connectivity index (χ0) is 18.8. The Kier molecular flexibility index (Phi) is 8.42. The normalized spacial score (nSPS) is 11.6. The zero-order valence-corrected chi connectivity index (χ0v) is 14.5. The van der Waals surface area contributed by atoms with Crippen molar-refractivity contribution in [3.05, 3.63) is 29.8 Å². The van der Waals surface area contributed by atoms with Gasteiger partial charge < -0.3 is 25.8 Å². The molecule has 0 spiro atoms. The van der Waals surface area contributed by atoms with Crippen molar-refractivity contribution in [2.75, 3.05) is 31.6 Å². The minimum atomic E-state index is -0.955. The average molecular weight is 351 g/mol. The number of hydrogen-bond donors (Lipinski definition) is 3. The number of carboxylic acid groups (broad SMARTS) is 1. The van der Waals surface area contributed by atoms with Crippen LogP contribution in [0.2, 0.25) is 0 Å². The molecule has 8 heteroatoms. The van der Waals surface area contributed by atoms with Crippen molar-refractivity contribution in [2.24, 2.45) is 11.7 Å². The summed E-state index contributed by atoms with van der Waals surface area (Å²) in [6.45, 7) is 5.05. The fourth-order valence-electron chi connectivity index (χ4n) is 2.21. The maximum atomic E-state index is 12.7. The number of nitrogens with zero attached hydrogens (tertiary/aromatic N) is 1. The molecule has 1 atom stereocenters. The second-order valence-electron chi connectivity index (χ2n) is 5.61. The fraction of sp³-hybridized carbons (Fsp3) is 0.471. The van der Waals surface area contributed by atoms with Crippen molar-refractivity contribution in [1.29, 1.82) is 0 Å². The van der Waals surface area contributed by atoms with Crippen LogP contribution in [-0.2, 0) is 9.53 Å². The summed E-state index contributed by atoms with van der Waals surface area (Å²) >= 11 is 0. The van der Waals surface area contributed by atoms with E-state index in [1.165, 1.54) is 4.90 Å². The minimum Gasteiger partial charge on any atom is -0.481 e. The third-order valence-electron chi connectivity index (χ3n) is 3.52. The van der Waals surface area contributed by atoms with Gasteiger partial charge in [0.25, 0.3) is 5.91 Å². The first kappa shape index (κ1) is 20.4. The number of carbonyl (C=O) groups excluding carboxylic acids is 2. The Labute approximate surface area is 146 Å². The molecule has 0 radical (unpaired) electrons. The molecule has 0 bridgehead atoms. The molecular formula is C17H25N3O5. The molecule has 0 saturated heterocycles. The Morgan fingerprint density at radius 3 is 2.44 bits per heavy atom. The van der Waals surface area contributed by atoms with Gasteiger partial charge in [-0.15, -0.1) is 0 Å². The number of benzene rings is 1. The Morgan fingerprint density at radius 2 is 1.92 bits per heavy atom. The number of anilines is 1. The van der Waals surface area contributed by atoms with Crippen LogP contribution in [0.4, 0.5) is 10.5 Å². The van der Waals surface area contributed by atoms with Gasteiger partial charge in [0.15, 0.2) is 0 Å². The summed E-state index contributed by atoms with van der Waals surface area (Å²) in [7, 11) is 0. The van der Waals surface area contributed by atoms with E-state index in [0.717, 1.165) is 0 Å². The minimum absolute atomic E-state index is 0.113. The maximum Gasteiger partial charge on any atom is 0.316 e. The molecule has 0 aliphatic carbocycles. The van der Waals surface area contributed by atoms with Crippen LogP contribution in [0.25, 0.3) is 0 Å². The standard InChI is InChI=1S/C17H25N3O5/c1-3-25-10-4-9-20(11-12(2)16(22)23)15(21)13-5-7-14(8-6-13)19-17(18)24/h5-8,12H,3-4,9-11H2,1-2H3,(H,22,23)(H3,18,19,24). The first-order valence-electron chi connectivity index (χ1n) is 8.11. The van der Waals surface area contributed by atoms with Crippen molar-refractivity contribution >= 4 is 23.6 Å². The molecule has 3 amide bonds. The van der Waals surface area contributed by atoms with E-state index in [2.05, 4.69) is 5.32 Å². The molecule has 8 nitrogen and oxygen atoms in total. The first-order chi connectivity index (χ1) is 11.8. The van der Waals surface area contributed by atoms with Gasteiger partial charge >= 0.3 is 12.0 Å². The van der Waals surface area contributed by atoms with Crippen LogP contribution in [0, 0.1) is 5.92 Å². The molecule has 0 aliphatic rings. The Bertz CT molecular complexity index is 588. The molecule has 0 saturated carbocycles. The second-order valence-corrected chi connectivity index (χ2v) is 5.61. The van der Waals surface area contributed by atoms with Crippen molar-refractivity contribution in [2.45, 2.75) is 20.3 Å². The quantitative estimate of drug-likeness (QED) is 0.555. The van der Waals surface area contributed by atoms with Crippen LogP contribution in [0.1, 0.15) is 30.6 Å². The number of primary amides is 1. The van der Waals surface area contributed by atoms with Crippen LogP contribution in [0.15, 0.2) is 24.3 Å². The van der Waals surface area contributed by atoms with Gasteiger partial charge in [-0.1, -0.05) is 6.92 Å². The maximum absolute atomic E-state index is 12.7. The van der Waals surface area contributed by atoms with Gasteiger partial charge in [0.1, 0.15) is 0 Å². The third kappa shape index (κ3) is 7.21. The van der Waals surface area contributed by atoms with Gasteiger partial charge in [-0.2, -0.15) is 0 Å². The third-order valence-corrected chi connectivity index (χ3v) is 3.52. The van der Waals surface area contributed by atoms with Crippen LogP contribution >= 0.6 is 0 Å². The van der Waals surface area contributed by atoms with Crippen molar-refractivity contribution in [1.82, 2.24) is 4.90 Å². The summed E-state index contributed by atoms with van der Waals surface area (Å²) in [6, 6.07) is 5.57. The monoisotopic (exact) mass is 351 g/mol. The van der Waals surface area contributed by atoms with E-state index in [1.807, 2.05) is 6.92 Å². The van der Waals surface area contributed by atoms with E-state index < -0.39 is 17.9 Å². The molecule has 1 unspecified atom stereocenters. The molecule has 4 N–H and O–H groups in total. The number of urea groups is 1. The number of amides is 3. The molecule has 25 heavy (non-hydrogen) atoms. The number of aliphatic carboxylic acids is 1. The highest BCUT2D eigenvalue weighted by molar-refractivity contribution is 5.95. The molecule has 1 aromatic rings. The summed E-state index contributed by atoms with van der Waals surface area (Å²) < 4.78 is 5.27. The lowest BCUT2D eigenvalue weighted by atomic mass is 10.1. The molecule has 138 valence electrons. The fourth-order valence-corrected chi connectivity index (χ4v) is 2.21. The predicted molar refractivity (Wildman–Crippen MR) is 93.5 cm³/mol. The van der Waals surface area contributed by atoms with Gasteiger partial charge in [-0.25, -0.2) is 4.79 Å². The van der Waals surface area contributed by atoms with E-state index in [-0.39, 0.29) is 12.5 Å². The van der Waals surface area contributed by atoms with Gasteiger partial charge in [0.05, 0.1) is 5.92 Å². The van der Waals surface area contributed by atoms with Crippen LogP contribution in [0.3, 0.4) is 0 Å². The van der Waals surface area contributed by atoms with E-state index in [1.54, 1.807) is 31.2 Å². The number of hydrogen-bond acceptors (Lipinski definition) is 4. The largest absolute Gasteiger partial charge is 0.481 e. The molecule has 1 rings (SSSR count). The number of rotatable bonds is 10. The van der Waals surface area contributed by atoms with Crippen molar-refractivity contribution in [3.8, 4) is 0 Å². The van der Waals surface area contributed by atoms with Crippen LogP contribution in [0.5, 0.6) is 0 Å². The lowest BCUT2D eigenvalue weighted by molar-refractivity contribution is -0.141. The van der Waals surface area contributed by atoms with Crippen LogP contribution in [-0.4, -0.2) is 54.2 Å². The summed E-state index contributed by atoms with van der Waals surface area (Å²) in [4.78, 5) is 36.1. The first-order valence-corrected chi connectivity index (χ1v) is 8.11. The summed E-state index contributed by atoms with van der Waals surface area (Å²) in [5, 5.41) is 11.5. The highest BCUT2D eigenvalue weighted by atomic mass is 16.5. The predicted octanol–water partition coefficient (Wildman–Crippen LogP) is 1.77. The lowest BCUT2D eigenvalue weighted by Crippen LogP contribution is -2.38. The van der Waals surface area contributed by atoms with Gasteiger partial charge in [-0.3, -0.25) is 9.59 Å². The van der Waals surface area contributed by atoms with E-state index >= 15 is 0 Å². The average Bonchev–Trinajstić information content (AvgIpc) is 2.57. The molecule has 0 fully saturated rings. The lowest BCUT2D eigenvalue weighted by Gasteiger charge is -2.24. The molecule has 0 aliphatic heterocycles. The van der Waals surface area contributed by atoms with Crippen molar-refractivity contribution < 1.29 is 24.2 Å². The van der Waals surface area contributed by atoms with Gasteiger partial charge in [0, 0.05) is 37.6 Å². The summed E-state index contributed by atoms with van der Waals surface area (Å²) in [5.74, 6) is -1.90. The smallest absolute Gasteiger partial charge is 0.316 e. The summed E-state index contributed by atoms with van der Waals surface area (Å²) in [5.41, 5.74) is 5.92. The highest BCUT2D eigenvalue weighted by Gasteiger charge is 2.21. The van der Waals surface area contributed by atoms with Crippen LogP contribution < -0.4 is 11.1 Å². The molecular weight excluding hydrogens is 326 g/mol. The van der Waals surface area contributed by atoms with Crippen molar-refractivity contribution in [3.63, 3.8) is 0 Å². The second kappa shape index (κ2) is 10.3. The molecule has 1 aromatic carbocycles. The highest BCUT2D eigenvalue weighted by Crippen LogP contribution is 2.13. The van der Waals surface area contributed by atoms with E-state index in [4.69, 9.17) is 15.6 Å². The number of ether oxygens (including phenoxy) is 1. The number of carboxylic acids is 1. The Hall–Kier alpha value is -2.61. The zero-order valence-electron chi connectivity index (χ0n) is 14.5. The van der Waals surface area contributed by atoms with E-state index in [9.17, 15) is 14.4 Å². The topological polar surface area (TPSA) is 122 Å². The van der Waals surface area contributed by atoms with E-state index in [0.29, 0.717) is 37.4 Å². The number of nitrogens with two attached hydrogens (primary N) is 1. The number of carbonyl (C=O) groups is 3. The van der Waals surface area contributed by atoms with Gasteiger partial charge in [0.2, 0.25) is 0 Å². The summed E-state index contributed by atoms with van der Waals surface area (Å²) in [6.07, 6.45) is 0.618. The SMILES string of the molecule is CCOCCCN(CC(C)C(=O)O)C(=O)c1ccc(NC(N)=O)cc1. The van der Waals surface area contributed by atoms with Gasteiger partial charge in [-0.05, 0) is 37.6 Å². The Balaban J connectivity index is 2.81.